The van der Waals surface area contributed by atoms with E-state index < -0.39 is 0 Å². The number of nitrogens with zero attached hydrogens (tertiary/aromatic N) is 2. The Kier molecular flexibility index (Phi) is 1.42. The third-order valence-corrected chi connectivity index (χ3v) is 1.75. The van der Waals surface area contributed by atoms with Crippen molar-refractivity contribution in [2.45, 2.75) is 6.92 Å². The molecule has 2 heterocycles. The molecule has 0 amide bonds. The van der Waals surface area contributed by atoms with Gasteiger partial charge in [0.2, 0.25) is 0 Å². The first-order valence-electron chi connectivity index (χ1n) is 3.14. The van der Waals surface area contributed by atoms with Crippen molar-refractivity contribution in [1.29, 1.82) is 0 Å². The Morgan fingerprint density at radius 3 is 3.18 bits per heavy atom. The van der Waals surface area contributed by atoms with E-state index in [-0.39, 0.29) is 0 Å². The zero-order valence-corrected chi connectivity index (χ0v) is 7.42. The van der Waals surface area contributed by atoms with Gasteiger partial charge < -0.3 is 4.42 Å². The van der Waals surface area contributed by atoms with Crippen molar-refractivity contribution in [3.8, 4) is 0 Å². The molecule has 3 nitrogen and oxygen atoms in total. The first-order chi connectivity index (χ1) is 5.25. The van der Waals surface area contributed by atoms with Crippen LogP contribution >= 0.6 is 15.9 Å². The molecule has 0 saturated carbocycles. The summed E-state index contributed by atoms with van der Waals surface area (Å²) < 4.78 is 6.15. The molecule has 0 bridgehead atoms. The van der Waals surface area contributed by atoms with Crippen LogP contribution in [-0.2, 0) is 0 Å². The Balaban J connectivity index is 2.82. The molecule has 4 heteroatoms. The second-order valence-electron chi connectivity index (χ2n) is 2.21. The molecule has 0 saturated heterocycles. The van der Waals surface area contributed by atoms with Gasteiger partial charge in [-0.15, -0.1) is 0 Å². The fourth-order valence-corrected chi connectivity index (χ4v) is 1.21. The van der Waals surface area contributed by atoms with E-state index in [4.69, 9.17) is 4.42 Å². The predicted molar refractivity (Wildman–Crippen MR) is 44.2 cm³/mol. The van der Waals surface area contributed by atoms with Crippen LogP contribution in [0, 0.1) is 6.92 Å². The molecule has 0 spiro atoms. The predicted octanol–water partition coefficient (Wildman–Crippen LogP) is 2.29. The molecule has 0 aliphatic rings. The van der Waals surface area contributed by atoms with E-state index in [1.807, 2.05) is 6.07 Å². The van der Waals surface area contributed by atoms with E-state index in [0.717, 1.165) is 10.1 Å². The SMILES string of the molecule is Cc1nc2ncc(Br)cc2o1. The summed E-state index contributed by atoms with van der Waals surface area (Å²) in [5.41, 5.74) is 1.38. The van der Waals surface area contributed by atoms with Gasteiger partial charge in [-0.1, -0.05) is 0 Å². The normalized spacial score (nSPS) is 10.7. The molecule has 0 aliphatic heterocycles. The molecule has 0 aromatic carbocycles. The van der Waals surface area contributed by atoms with Crippen LogP contribution in [0.15, 0.2) is 21.2 Å². The molecule has 2 rings (SSSR count). The van der Waals surface area contributed by atoms with Crippen molar-refractivity contribution >= 4 is 27.2 Å². The lowest BCUT2D eigenvalue weighted by Gasteiger charge is -1.85. The topological polar surface area (TPSA) is 38.9 Å². The maximum atomic E-state index is 5.25. The van der Waals surface area contributed by atoms with E-state index in [1.54, 1.807) is 13.1 Å². The van der Waals surface area contributed by atoms with Crippen molar-refractivity contribution in [3.63, 3.8) is 0 Å². The van der Waals surface area contributed by atoms with Crippen LogP contribution in [0.2, 0.25) is 0 Å². The highest BCUT2D eigenvalue weighted by Gasteiger charge is 2.01. The minimum Gasteiger partial charge on any atom is -0.439 e. The minimum atomic E-state index is 0.644. The largest absolute Gasteiger partial charge is 0.439 e. The Morgan fingerprint density at radius 1 is 1.55 bits per heavy atom. The third-order valence-electron chi connectivity index (χ3n) is 1.32. The van der Waals surface area contributed by atoms with Gasteiger partial charge in [0, 0.05) is 23.7 Å². The molecule has 2 aromatic heterocycles. The van der Waals surface area contributed by atoms with E-state index in [9.17, 15) is 0 Å². The summed E-state index contributed by atoms with van der Waals surface area (Å²) in [5.74, 6) is 0.644. The fraction of sp³-hybridized carbons (Fsp3) is 0.143. The number of aryl methyl sites for hydroxylation is 1. The van der Waals surface area contributed by atoms with Crippen molar-refractivity contribution in [1.82, 2.24) is 9.97 Å². The average molecular weight is 213 g/mol. The molecular formula is C7H5BrN2O. The zero-order valence-electron chi connectivity index (χ0n) is 5.84. The zero-order chi connectivity index (χ0) is 7.84. The highest BCUT2D eigenvalue weighted by atomic mass is 79.9. The second-order valence-corrected chi connectivity index (χ2v) is 3.12. The third kappa shape index (κ3) is 1.14. The lowest BCUT2D eigenvalue weighted by atomic mass is 10.5. The summed E-state index contributed by atoms with van der Waals surface area (Å²) in [6, 6.07) is 1.85. The van der Waals surface area contributed by atoms with Crippen molar-refractivity contribution in [2.75, 3.05) is 0 Å². The van der Waals surface area contributed by atoms with E-state index in [2.05, 4.69) is 25.9 Å². The Hall–Kier alpha value is -0.900. The van der Waals surface area contributed by atoms with Gasteiger partial charge in [-0.2, -0.15) is 4.98 Å². The maximum absolute atomic E-state index is 5.25. The number of fused-ring (bicyclic) bond motifs is 1. The number of oxazole rings is 1. The molecular weight excluding hydrogens is 208 g/mol. The Labute approximate surface area is 71.6 Å². The van der Waals surface area contributed by atoms with Gasteiger partial charge in [-0.25, -0.2) is 4.98 Å². The highest BCUT2D eigenvalue weighted by Crippen LogP contribution is 2.17. The number of hydrogen-bond donors (Lipinski definition) is 0. The number of rotatable bonds is 0. The quantitative estimate of drug-likeness (QED) is 0.673. The average Bonchev–Trinajstić information content (AvgIpc) is 2.27. The Bertz CT molecular complexity index is 396. The van der Waals surface area contributed by atoms with Crippen LogP contribution in [-0.4, -0.2) is 9.97 Å². The van der Waals surface area contributed by atoms with Crippen LogP contribution in [0.3, 0.4) is 0 Å². The summed E-state index contributed by atoms with van der Waals surface area (Å²) in [7, 11) is 0. The van der Waals surface area contributed by atoms with Crippen LogP contribution < -0.4 is 0 Å². The van der Waals surface area contributed by atoms with E-state index >= 15 is 0 Å². The lowest BCUT2D eigenvalue weighted by Crippen LogP contribution is -1.74. The first-order valence-corrected chi connectivity index (χ1v) is 3.94. The highest BCUT2D eigenvalue weighted by molar-refractivity contribution is 9.10. The second kappa shape index (κ2) is 2.30. The monoisotopic (exact) mass is 212 g/mol. The Morgan fingerprint density at radius 2 is 2.36 bits per heavy atom. The molecule has 0 fully saturated rings. The number of pyridine rings is 1. The van der Waals surface area contributed by atoms with Gasteiger partial charge in [0.1, 0.15) is 0 Å². The summed E-state index contributed by atoms with van der Waals surface area (Å²) in [6.07, 6.45) is 1.70. The number of aromatic nitrogens is 2. The van der Waals surface area contributed by atoms with Crippen molar-refractivity contribution in [2.24, 2.45) is 0 Å². The van der Waals surface area contributed by atoms with E-state index in [1.165, 1.54) is 0 Å². The van der Waals surface area contributed by atoms with Crippen molar-refractivity contribution < 1.29 is 4.42 Å². The molecule has 0 atom stereocenters. The number of hydrogen-bond acceptors (Lipinski definition) is 3. The standard InChI is InChI=1S/C7H5BrN2O/c1-4-10-7-6(11-4)2-5(8)3-9-7/h2-3H,1H3. The molecule has 0 N–H and O–H groups in total. The molecule has 0 unspecified atom stereocenters. The maximum Gasteiger partial charge on any atom is 0.198 e. The minimum absolute atomic E-state index is 0.644. The van der Waals surface area contributed by atoms with Crippen LogP contribution in [0.4, 0.5) is 0 Å². The molecule has 11 heavy (non-hydrogen) atoms. The molecule has 56 valence electrons. The molecule has 0 radical (unpaired) electrons. The summed E-state index contributed by atoms with van der Waals surface area (Å²) in [4.78, 5) is 8.11. The summed E-state index contributed by atoms with van der Waals surface area (Å²) >= 11 is 3.29. The smallest absolute Gasteiger partial charge is 0.198 e. The van der Waals surface area contributed by atoms with Gasteiger partial charge in [-0.05, 0) is 15.9 Å². The van der Waals surface area contributed by atoms with Crippen LogP contribution in [0.5, 0.6) is 0 Å². The van der Waals surface area contributed by atoms with Gasteiger partial charge in [0.15, 0.2) is 17.1 Å². The molecule has 0 aliphatic carbocycles. The lowest BCUT2D eigenvalue weighted by molar-refractivity contribution is 0.561. The van der Waals surface area contributed by atoms with Gasteiger partial charge in [-0.3, -0.25) is 0 Å². The van der Waals surface area contributed by atoms with Gasteiger partial charge in [0.05, 0.1) is 0 Å². The van der Waals surface area contributed by atoms with E-state index in [0.29, 0.717) is 11.5 Å². The number of halogens is 1. The summed E-state index contributed by atoms with van der Waals surface area (Å²) in [6.45, 7) is 1.80. The van der Waals surface area contributed by atoms with Crippen molar-refractivity contribution in [3.05, 3.63) is 22.6 Å². The summed E-state index contributed by atoms with van der Waals surface area (Å²) in [5, 5.41) is 0. The fourth-order valence-electron chi connectivity index (χ4n) is 0.904. The van der Waals surface area contributed by atoms with Gasteiger partial charge in [0.25, 0.3) is 0 Å². The first kappa shape index (κ1) is 6.79. The van der Waals surface area contributed by atoms with Crippen LogP contribution in [0.25, 0.3) is 11.2 Å². The van der Waals surface area contributed by atoms with Gasteiger partial charge >= 0.3 is 0 Å². The van der Waals surface area contributed by atoms with Crippen LogP contribution in [0.1, 0.15) is 5.89 Å². The molecule has 2 aromatic rings.